The quantitative estimate of drug-likeness (QED) is 0.242. The summed E-state index contributed by atoms with van der Waals surface area (Å²) in [5.74, 6) is 0.220. The highest BCUT2D eigenvalue weighted by atomic mass is 19.1. The summed E-state index contributed by atoms with van der Waals surface area (Å²) in [5, 5.41) is 4.16. The molecule has 0 spiro atoms. The van der Waals surface area contributed by atoms with Crippen molar-refractivity contribution >= 4 is 22.7 Å². The van der Waals surface area contributed by atoms with Gasteiger partial charge < -0.3 is 14.6 Å². The first kappa shape index (κ1) is 27.4. The topological polar surface area (TPSA) is 77.2 Å². The van der Waals surface area contributed by atoms with Crippen molar-refractivity contribution < 1.29 is 9.13 Å². The predicted molar refractivity (Wildman–Crippen MR) is 158 cm³/mol. The summed E-state index contributed by atoms with van der Waals surface area (Å²) in [6.45, 7) is 4.25. The van der Waals surface area contributed by atoms with E-state index in [0.717, 1.165) is 64.8 Å². The molecule has 1 aliphatic heterocycles. The van der Waals surface area contributed by atoms with Gasteiger partial charge in [-0.05, 0) is 80.3 Å². The Morgan fingerprint density at radius 1 is 0.950 bits per heavy atom. The fourth-order valence-electron chi connectivity index (χ4n) is 5.01. The van der Waals surface area contributed by atoms with Crippen LogP contribution in [0.5, 0.6) is 0 Å². The third kappa shape index (κ3) is 6.18. The number of fused-ring (bicyclic) bond motifs is 2. The van der Waals surface area contributed by atoms with Crippen LogP contribution in [0.15, 0.2) is 84.1 Å². The summed E-state index contributed by atoms with van der Waals surface area (Å²) >= 11 is 0. The van der Waals surface area contributed by atoms with Crippen LogP contribution in [-0.4, -0.2) is 38.8 Å². The van der Waals surface area contributed by atoms with Crippen molar-refractivity contribution in [2.75, 3.05) is 12.4 Å². The monoisotopic (exact) mass is 538 g/mol. The van der Waals surface area contributed by atoms with Gasteiger partial charge in [0.15, 0.2) is 0 Å². The van der Waals surface area contributed by atoms with Crippen LogP contribution >= 0.6 is 0 Å². The smallest absolute Gasteiger partial charge is 0.227 e. The summed E-state index contributed by atoms with van der Waals surface area (Å²) in [6, 6.07) is 20.5. The zero-order valence-corrected chi connectivity index (χ0v) is 23.2. The number of aromatic nitrogens is 4. The standard InChI is InChI=1S/C29H27FN6O.C3H8/c1-37-22-13-9-20(10-14-22)33-25-18-28-26(17-24(25)35-29-31-15-4-16-32-29)34-23-5-2-3-6-27(23)36(28)21-11-7-19(30)8-12-21;1-3-2/h2-8,11-12,15-18,20,22H,9-10,13-14H2,1H3,(H,31,32,35);3H2,1-2H3. The van der Waals surface area contributed by atoms with Gasteiger partial charge in [0.05, 0.1) is 45.6 Å². The Kier molecular flexibility index (Phi) is 8.76. The Labute approximate surface area is 234 Å². The number of methoxy groups -OCH3 is 1. The summed E-state index contributed by atoms with van der Waals surface area (Å²) in [4.78, 5) is 18.8. The maximum atomic E-state index is 13.8. The molecule has 2 heterocycles. The number of halogens is 1. The average Bonchev–Trinajstić information content (AvgIpc) is 2.98. The molecule has 0 unspecified atom stereocenters. The van der Waals surface area contributed by atoms with Crippen LogP contribution in [0.1, 0.15) is 46.0 Å². The summed E-state index contributed by atoms with van der Waals surface area (Å²) in [6.07, 6.45) is 8.86. The van der Waals surface area contributed by atoms with Crippen molar-refractivity contribution in [3.63, 3.8) is 0 Å². The molecule has 2 aliphatic carbocycles. The van der Waals surface area contributed by atoms with Crippen LogP contribution in [0.4, 0.5) is 16.0 Å². The van der Waals surface area contributed by atoms with E-state index in [2.05, 4.69) is 39.8 Å². The molecule has 7 nitrogen and oxygen atoms in total. The zero-order chi connectivity index (χ0) is 27.9. The van der Waals surface area contributed by atoms with Gasteiger partial charge in [-0.15, -0.1) is 0 Å². The van der Waals surface area contributed by atoms with Crippen molar-refractivity contribution in [2.45, 2.75) is 58.1 Å². The molecule has 3 aromatic rings. The maximum Gasteiger partial charge on any atom is 0.227 e. The number of hydrogen-bond acceptors (Lipinski definition) is 6. The van der Waals surface area contributed by atoms with E-state index < -0.39 is 0 Å². The number of rotatable bonds is 5. The summed E-state index contributed by atoms with van der Waals surface area (Å²) < 4.78 is 21.5. The van der Waals surface area contributed by atoms with Crippen LogP contribution in [0, 0.1) is 5.82 Å². The van der Waals surface area contributed by atoms with Crippen molar-refractivity contribution in [3.8, 4) is 17.1 Å². The molecular formula is C32H35FN6O. The second-order valence-corrected chi connectivity index (χ2v) is 9.97. The number of para-hydroxylation sites is 2. The van der Waals surface area contributed by atoms with Crippen molar-refractivity contribution in [1.82, 2.24) is 19.5 Å². The van der Waals surface area contributed by atoms with Crippen LogP contribution < -0.4 is 10.7 Å². The first-order chi connectivity index (χ1) is 19.6. The molecule has 3 aliphatic rings. The Morgan fingerprint density at radius 2 is 1.65 bits per heavy atom. The van der Waals surface area contributed by atoms with Gasteiger partial charge in [-0.2, -0.15) is 0 Å². The second-order valence-electron chi connectivity index (χ2n) is 9.97. The van der Waals surface area contributed by atoms with E-state index in [1.807, 2.05) is 30.3 Å². The molecule has 2 aromatic carbocycles. The third-order valence-corrected chi connectivity index (χ3v) is 6.89. The molecule has 0 radical (unpaired) electrons. The van der Waals surface area contributed by atoms with Crippen LogP contribution in [0.25, 0.3) is 28.1 Å². The number of benzene rings is 3. The molecule has 0 saturated heterocycles. The van der Waals surface area contributed by atoms with Gasteiger partial charge in [0, 0.05) is 25.2 Å². The van der Waals surface area contributed by atoms with E-state index in [1.165, 1.54) is 18.6 Å². The molecule has 0 atom stereocenters. The van der Waals surface area contributed by atoms with Gasteiger partial charge >= 0.3 is 0 Å². The fraction of sp³-hybridized carbons (Fsp3) is 0.312. The number of hydrogen-bond donors (Lipinski definition) is 1. The first-order valence-corrected chi connectivity index (χ1v) is 13.9. The largest absolute Gasteiger partial charge is 0.381 e. The minimum absolute atomic E-state index is 0.189. The predicted octanol–water partition coefficient (Wildman–Crippen LogP) is 7.08. The second kappa shape index (κ2) is 12.8. The lowest BCUT2D eigenvalue weighted by molar-refractivity contribution is 0.0663. The first-order valence-electron chi connectivity index (χ1n) is 13.9. The van der Waals surface area contributed by atoms with Crippen LogP contribution in [-0.2, 0) is 4.74 Å². The fourth-order valence-corrected chi connectivity index (χ4v) is 5.01. The SMILES string of the molecule is CCC.COC1CCC(N=c2cc3n(-c4ccc(F)cc4)c4ccccc4nc-3cc2Nc2ncccn2)CC1. The van der Waals surface area contributed by atoms with Crippen molar-refractivity contribution in [1.29, 1.82) is 0 Å². The van der Waals surface area contributed by atoms with E-state index in [0.29, 0.717) is 12.1 Å². The molecule has 1 saturated carbocycles. The van der Waals surface area contributed by atoms with Crippen LogP contribution in [0.2, 0.25) is 0 Å². The lowest BCUT2D eigenvalue weighted by atomic mass is 9.93. The van der Waals surface area contributed by atoms with Crippen LogP contribution in [0.3, 0.4) is 0 Å². The Balaban J connectivity index is 0.00000103. The Hall–Kier alpha value is -4.17. The van der Waals surface area contributed by atoms with Gasteiger partial charge in [0.25, 0.3) is 0 Å². The number of nitrogens with zero attached hydrogens (tertiary/aromatic N) is 5. The van der Waals surface area contributed by atoms with E-state index >= 15 is 0 Å². The third-order valence-electron chi connectivity index (χ3n) is 6.89. The normalized spacial score (nSPS) is 17.4. The highest BCUT2D eigenvalue weighted by molar-refractivity contribution is 5.84. The van der Waals surface area contributed by atoms with E-state index in [-0.39, 0.29) is 11.9 Å². The molecule has 0 bridgehead atoms. The van der Waals surface area contributed by atoms with Gasteiger partial charge in [-0.25, -0.2) is 19.3 Å². The minimum atomic E-state index is -0.274. The lowest BCUT2D eigenvalue weighted by Crippen LogP contribution is -2.25. The number of anilines is 2. The zero-order valence-electron chi connectivity index (χ0n) is 23.2. The molecule has 6 rings (SSSR count). The van der Waals surface area contributed by atoms with E-state index in [1.54, 1.807) is 37.7 Å². The minimum Gasteiger partial charge on any atom is -0.381 e. The summed E-state index contributed by atoms with van der Waals surface area (Å²) in [5.41, 5.74) is 5.08. The molecule has 40 heavy (non-hydrogen) atoms. The highest BCUT2D eigenvalue weighted by Crippen LogP contribution is 2.31. The summed E-state index contributed by atoms with van der Waals surface area (Å²) in [7, 11) is 1.78. The molecule has 1 fully saturated rings. The molecule has 8 heteroatoms. The maximum absolute atomic E-state index is 13.8. The van der Waals surface area contributed by atoms with E-state index in [4.69, 9.17) is 14.7 Å². The Morgan fingerprint density at radius 3 is 2.35 bits per heavy atom. The van der Waals surface area contributed by atoms with Gasteiger partial charge in [0.2, 0.25) is 5.95 Å². The number of ether oxygens (including phenoxy) is 1. The Bertz CT molecular complexity index is 1580. The molecule has 1 N–H and O–H groups in total. The molecule has 206 valence electrons. The molecule has 0 amide bonds. The number of nitrogens with one attached hydrogen (secondary N) is 1. The van der Waals surface area contributed by atoms with E-state index in [9.17, 15) is 4.39 Å². The highest BCUT2D eigenvalue weighted by Gasteiger charge is 2.21. The van der Waals surface area contributed by atoms with Gasteiger partial charge in [-0.3, -0.25) is 4.99 Å². The lowest BCUT2D eigenvalue weighted by Gasteiger charge is -2.25. The molecule has 1 aromatic heterocycles. The van der Waals surface area contributed by atoms with Gasteiger partial charge in [0.1, 0.15) is 5.82 Å². The van der Waals surface area contributed by atoms with Crippen molar-refractivity contribution in [3.05, 3.63) is 90.3 Å². The van der Waals surface area contributed by atoms with Gasteiger partial charge in [-0.1, -0.05) is 32.4 Å². The average molecular weight is 539 g/mol. The molecular weight excluding hydrogens is 503 g/mol. The van der Waals surface area contributed by atoms with Crippen molar-refractivity contribution in [2.24, 2.45) is 4.99 Å².